The summed E-state index contributed by atoms with van der Waals surface area (Å²) in [7, 11) is 0. The minimum Gasteiger partial charge on any atom is -0.507 e. The standard InChI is InChI=1S/C15H14O6/c1-7-3-11(17)14(18)12(4-7)21-9-5-8(2)13(15(19)20)10(16)6-9/h3-6,16-18H,1-2H3,(H,19,20). The predicted octanol–water partition coefficient (Wildman–Crippen LogP) is 2.91. The molecule has 0 aliphatic carbocycles. The van der Waals surface area contributed by atoms with Crippen molar-refractivity contribution in [2.75, 3.05) is 0 Å². The third kappa shape index (κ3) is 2.84. The van der Waals surface area contributed by atoms with Crippen molar-refractivity contribution in [2.45, 2.75) is 13.8 Å². The van der Waals surface area contributed by atoms with Crippen LogP contribution in [0.4, 0.5) is 0 Å². The van der Waals surface area contributed by atoms with Crippen molar-refractivity contribution >= 4 is 5.97 Å². The Labute approximate surface area is 120 Å². The lowest BCUT2D eigenvalue weighted by Gasteiger charge is -2.12. The second-order valence-corrected chi connectivity index (χ2v) is 4.67. The first-order chi connectivity index (χ1) is 9.79. The second kappa shape index (κ2) is 5.24. The summed E-state index contributed by atoms with van der Waals surface area (Å²) < 4.78 is 5.40. The van der Waals surface area contributed by atoms with Crippen LogP contribution in [-0.4, -0.2) is 26.4 Å². The van der Waals surface area contributed by atoms with Gasteiger partial charge in [0.05, 0.1) is 0 Å². The number of aryl methyl sites for hydroxylation is 2. The lowest BCUT2D eigenvalue weighted by Crippen LogP contribution is -2.00. The van der Waals surface area contributed by atoms with Crippen LogP contribution in [0.3, 0.4) is 0 Å². The van der Waals surface area contributed by atoms with Crippen molar-refractivity contribution in [2.24, 2.45) is 0 Å². The van der Waals surface area contributed by atoms with E-state index in [4.69, 9.17) is 9.84 Å². The average molecular weight is 290 g/mol. The molecule has 0 saturated heterocycles. The van der Waals surface area contributed by atoms with Crippen molar-refractivity contribution in [3.05, 3.63) is 41.0 Å². The molecule has 6 nitrogen and oxygen atoms in total. The van der Waals surface area contributed by atoms with Gasteiger partial charge in [-0.25, -0.2) is 4.79 Å². The average Bonchev–Trinajstić information content (AvgIpc) is 2.33. The smallest absolute Gasteiger partial charge is 0.339 e. The molecule has 0 heterocycles. The number of phenolic OH excluding ortho intramolecular Hbond substituents is 2. The van der Waals surface area contributed by atoms with E-state index in [0.29, 0.717) is 11.1 Å². The Morgan fingerprint density at radius 2 is 1.67 bits per heavy atom. The van der Waals surface area contributed by atoms with E-state index >= 15 is 0 Å². The number of carboxylic acid groups (broad SMARTS) is 1. The number of carbonyl (C=O) groups is 1. The fourth-order valence-electron chi connectivity index (χ4n) is 2.01. The number of hydrogen-bond acceptors (Lipinski definition) is 5. The molecule has 0 aromatic heterocycles. The van der Waals surface area contributed by atoms with Crippen molar-refractivity contribution in [1.82, 2.24) is 0 Å². The van der Waals surface area contributed by atoms with Crippen LogP contribution < -0.4 is 4.74 Å². The highest BCUT2D eigenvalue weighted by Crippen LogP contribution is 2.40. The SMILES string of the molecule is Cc1cc(O)c(O)c(Oc2cc(C)c(C(=O)O)c(O)c2)c1. The van der Waals surface area contributed by atoms with Gasteiger partial charge in [-0.3, -0.25) is 0 Å². The summed E-state index contributed by atoms with van der Waals surface area (Å²) in [6.07, 6.45) is 0. The number of rotatable bonds is 3. The van der Waals surface area contributed by atoms with Crippen LogP contribution in [0.15, 0.2) is 24.3 Å². The maximum Gasteiger partial charge on any atom is 0.339 e. The number of aromatic carboxylic acids is 1. The molecule has 0 fully saturated rings. The maximum atomic E-state index is 11.0. The molecule has 0 unspecified atom stereocenters. The third-order valence-corrected chi connectivity index (χ3v) is 2.93. The molecule has 0 aliphatic rings. The van der Waals surface area contributed by atoms with Gasteiger partial charge in [0.1, 0.15) is 17.1 Å². The van der Waals surface area contributed by atoms with E-state index in [1.165, 1.54) is 25.1 Å². The van der Waals surface area contributed by atoms with Crippen LogP contribution in [0.2, 0.25) is 0 Å². The first kappa shape index (κ1) is 14.5. The van der Waals surface area contributed by atoms with Gasteiger partial charge in [0, 0.05) is 6.07 Å². The topological polar surface area (TPSA) is 107 Å². The highest BCUT2D eigenvalue weighted by atomic mass is 16.5. The Bertz CT molecular complexity index is 697. The van der Waals surface area contributed by atoms with E-state index in [1.807, 2.05) is 0 Å². The molecule has 0 amide bonds. The quantitative estimate of drug-likeness (QED) is 0.647. The molecule has 21 heavy (non-hydrogen) atoms. The van der Waals surface area contributed by atoms with Gasteiger partial charge < -0.3 is 25.2 Å². The van der Waals surface area contributed by atoms with E-state index in [2.05, 4.69) is 0 Å². The molecule has 2 aromatic carbocycles. The predicted molar refractivity (Wildman–Crippen MR) is 74.4 cm³/mol. The first-order valence-electron chi connectivity index (χ1n) is 6.07. The zero-order valence-corrected chi connectivity index (χ0v) is 11.4. The maximum absolute atomic E-state index is 11.0. The fourth-order valence-corrected chi connectivity index (χ4v) is 2.01. The minimum absolute atomic E-state index is 0.00868. The number of carboxylic acids is 1. The minimum atomic E-state index is -1.24. The monoisotopic (exact) mass is 290 g/mol. The van der Waals surface area contributed by atoms with E-state index in [0.717, 1.165) is 6.07 Å². The number of hydrogen-bond donors (Lipinski definition) is 4. The summed E-state index contributed by atoms with van der Waals surface area (Å²) in [5.41, 5.74) is 0.774. The molecular formula is C15H14O6. The van der Waals surface area contributed by atoms with Gasteiger partial charge in [-0.05, 0) is 43.2 Å². The molecule has 0 spiro atoms. The number of aromatic hydroxyl groups is 3. The van der Waals surface area contributed by atoms with Crippen molar-refractivity contribution in [1.29, 1.82) is 0 Å². The van der Waals surface area contributed by atoms with Crippen LogP contribution in [0, 0.1) is 13.8 Å². The normalized spacial score (nSPS) is 10.4. The Morgan fingerprint density at radius 3 is 2.24 bits per heavy atom. The highest BCUT2D eigenvalue weighted by molar-refractivity contribution is 5.92. The Hall–Kier alpha value is -2.89. The Balaban J connectivity index is 2.44. The van der Waals surface area contributed by atoms with Crippen molar-refractivity contribution in [3.8, 4) is 28.7 Å². The van der Waals surface area contributed by atoms with Crippen LogP contribution >= 0.6 is 0 Å². The van der Waals surface area contributed by atoms with Gasteiger partial charge in [0.25, 0.3) is 0 Å². The highest BCUT2D eigenvalue weighted by Gasteiger charge is 2.16. The summed E-state index contributed by atoms with van der Waals surface area (Å²) in [6, 6.07) is 5.43. The van der Waals surface area contributed by atoms with Crippen LogP contribution in [0.25, 0.3) is 0 Å². The van der Waals surface area contributed by atoms with Gasteiger partial charge >= 0.3 is 5.97 Å². The van der Waals surface area contributed by atoms with E-state index in [1.54, 1.807) is 6.92 Å². The molecule has 0 aliphatic heterocycles. The van der Waals surface area contributed by atoms with Gasteiger partial charge in [0.2, 0.25) is 5.75 Å². The molecule has 0 bridgehead atoms. The van der Waals surface area contributed by atoms with Gasteiger partial charge in [-0.2, -0.15) is 0 Å². The zero-order valence-electron chi connectivity index (χ0n) is 11.4. The molecule has 2 aromatic rings. The molecule has 110 valence electrons. The van der Waals surface area contributed by atoms with Crippen molar-refractivity contribution < 1.29 is 30.0 Å². The zero-order chi connectivity index (χ0) is 15.7. The Morgan fingerprint density at radius 1 is 1.00 bits per heavy atom. The lowest BCUT2D eigenvalue weighted by molar-refractivity contribution is 0.0693. The molecular weight excluding hydrogens is 276 g/mol. The molecule has 6 heteroatoms. The van der Waals surface area contributed by atoms with Crippen LogP contribution in [0.5, 0.6) is 28.7 Å². The summed E-state index contributed by atoms with van der Waals surface area (Å²) in [5, 5.41) is 38.0. The van der Waals surface area contributed by atoms with Crippen molar-refractivity contribution in [3.63, 3.8) is 0 Å². The third-order valence-electron chi connectivity index (χ3n) is 2.93. The number of ether oxygens (including phenoxy) is 1. The molecule has 0 saturated carbocycles. The number of benzene rings is 2. The van der Waals surface area contributed by atoms with Gasteiger partial charge in [-0.15, -0.1) is 0 Å². The van der Waals surface area contributed by atoms with Crippen LogP contribution in [0.1, 0.15) is 21.5 Å². The largest absolute Gasteiger partial charge is 0.507 e. The fraction of sp³-hybridized carbons (Fsp3) is 0.133. The summed E-state index contributed by atoms with van der Waals surface area (Å²) >= 11 is 0. The van der Waals surface area contributed by atoms with Gasteiger partial charge in [-0.1, -0.05) is 0 Å². The van der Waals surface area contributed by atoms with Gasteiger partial charge in [0.15, 0.2) is 11.5 Å². The Kier molecular flexibility index (Phi) is 3.62. The summed E-state index contributed by atoms with van der Waals surface area (Å²) in [6.45, 7) is 3.23. The molecule has 0 radical (unpaired) electrons. The second-order valence-electron chi connectivity index (χ2n) is 4.67. The van der Waals surface area contributed by atoms with Crippen LogP contribution in [-0.2, 0) is 0 Å². The van der Waals surface area contributed by atoms with E-state index in [9.17, 15) is 20.1 Å². The molecule has 0 atom stereocenters. The first-order valence-corrected chi connectivity index (χ1v) is 6.07. The molecule has 4 N–H and O–H groups in total. The van der Waals surface area contributed by atoms with E-state index in [-0.39, 0.29) is 22.8 Å². The number of phenols is 3. The summed E-state index contributed by atoms with van der Waals surface area (Å²) in [5.74, 6) is -2.28. The lowest BCUT2D eigenvalue weighted by atomic mass is 10.1. The van der Waals surface area contributed by atoms with E-state index < -0.39 is 17.5 Å². The molecule has 2 rings (SSSR count). The summed E-state index contributed by atoms with van der Waals surface area (Å²) in [4.78, 5) is 11.0.